The maximum atomic E-state index is 5.95. The van der Waals surface area contributed by atoms with Crippen LogP contribution in [-0.2, 0) is 13.0 Å². The molecule has 0 atom stereocenters. The summed E-state index contributed by atoms with van der Waals surface area (Å²) in [5, 5.41) is 0.623. The molecule has 0 aliphatic heterocycles. The fraction of sp³-hybridized carbons (Fsp3) is 0.538. The van der Waals surface area contributed by atoms with E-state index in [1.165, 1.54) is 12.8 Å². The van der Waals surface area contributed by atoms with Gasteiger partial charge in [-0.1, -0.05) is 31.4 Å². The van der Waals surface area contributed by atoms with Gasteiger partial charge in [0.25, 0.3) is 0 Å². The molecule has 98 valence electrons. The van der Waals surface area contributed by atoms with Crippen molar-refractivity contribution in [2.45, 2.75) is 39.2 Å². The molecule has 2 aromatic heterocycles. The molecule has 0 radical (unpaired) electrons. The lowest BCUT2D eigenvalue weighted by Crippen LogP contribution is -2.05. The molecule has 0 unspecified atom stereocenters. The van der Waals surface area contributed by atoms with Gasteiger partial charge in [0.15, 0.2) is 5.65 Å². The van der Waals surface area contributed by atoms with E-state index in [2.05, 4.69) is 21.5 Å². The molecule has 0 amide bonds. The monoisotopic (exact) mass is 285 g/mol. The zero-order valence-electron chi connectivity index (χ0n) is 10.5. The van der Waals surface area contributed by atoms with Crippen LogP contribution in [-0.4, -0.2) is 20.4 Å². The average molecular weight is 286 g/mol. The van der Waals surface area contributed by atoms with Gasteiger partial charge in [-0.05, 0) is 12.5 Å². The number of rotatable bonds is 6. The predicted molar refractivity (Wildman–Crippen MR) is 76.5 cm³/mol. The molecule has 18 heavy (non-hydrogen) atoms. The van der Waals surface area contributed by atoms with Crippen molar-refractivity contribution in [2.75, 3.05) is 5.88 Å². The highest BCUT2D eigenvalue weighted by Gasteiger charge is 2.11. The van der Waals surface area contributed by atoms with E-state index in [4.69, 9.17) is 23.2 Å². The van der Waals surface area contributed by atoms with Gasteiger partial charge in [0.2, 0.25) is 0 Å². The van der Waals surface area contributed by atoms with Crippen molar-refractivity contribution in [1.82, 2.24) is 14.5 Å². The van der Waals surface area contributed by atoms with Crippen LogP contribution in [0.3, 0.4) is 0 Å². The molecular formula is C13H17Cl2N3. The molecule has 0 aromatic carbocycles. The van der Waals surface area contributed by atoms with E-state index in [1.807, 2.05) is 6.07 Å². The molecule has 3 nitrogen and oxygen atoms in total. The van der Waals surface area contributed by atoms with Gasteiger partial charge in [-0.25, -0.2) is 9.97 Å². The molecule has 2 aromatic rings. The summed E-state index contributed by atoms with van der Waals surface area (Å²) >= 11 is 11.8. The summed E-state index contributed by atoms with van der Waals surface area (Å²) in [7, 11) is 0. The van der Waals surface area contributed by atoms with Crippen LogP contribution in [0.1, 0.15) is 32.0 Å². The van der Waals surface area contributed by atoms with Gasteiger partial charge in [0.1, 0.15) is 11.3 Å². The van der Waals surface area contributed by atoms with E-state index < -0.39 is 0 Å². The van der Waals surface area contributed by atoms with Gasteiger partial charge in [-0.15, -0.1) is 11.6 Å². The van der Waals surface area contributed by atoms with Crippen LogP contribution in [0.25, 0.3) is 11.2 Å². The number of fused-ring (bicyclic) bond motifs is 1. The normalized spacial score (nSPS) is 11.3. The van der Waals surface area contributed by atoms with Crippen LogP contribution in [0, 0.1) is 0 Å². The highest BCUT2D eigenvalue weighted by Crippen LogP contribution is 2.19. The van der Waals surface area contributed by atoms with E-state index in [0.717, 1.165) is 36.4 Å². The van der Waals surface area contributed by atoms with Gasteiger partial charge >= 0.3 is 0 Å². The SMILES string of the molecule is CCCCCn1c(CCCl)nc2cc(Cl)cnc21. The van der Waals surface area contributed by atoms with E-state index in [0.29, 0.717) is 10.9 Å². The van der Waals surface area contributed by atoms with Crippen molar-refractivity contribution in [2.24, 2.45) is 0 Å². The summed E-state index contributed by atoms with van der Waals surface area (Å²) in [5.41, 5.74) is 1.77. The number of halogens is 2. The Labute approximate surface area is 117 Å². The predicted octanol–water partition coefficient (Wildman–Crippen LogP) is 4.06. The number of pyridine rings is 1. The minimum Gasteiger partial charge on any atom is -0.313 e. The number of aromatic nitrogens is 3. The molecule has 0 N–H and O–H groups in total. The third kappa shape index (κ3) is 2.96. The first-order valence-corrected chi connectivity index (χ1v) is 7.24. The average Bonchev–Trinajstić information content (AvgIpc) is 2.67. The fourth-order valence-electron chi connectivity index (χ4n) is 2.06. The van der Waals surface area contributed by atoms with Crippen molar-refractivity contribution in [3.05, 3.63) is 23.1 Å². The van der Waals surface area contributed by atoms with Gasteiger partial charge < -0.3 is 4.57 Å². The van der Waals surface area contributed by atoms with Crippen LogP contribution in [0.15, 0.2) is 12.3 Å². The van der Waals surface area contributed by atoms with E-state index in [9.17, 15) is 0 Å². The zero-order valence-corrected chi connectivity index (χ0v) is 12.0. The lowest BCUT2D eigenvalue weighted by molar-refractivity contribution is 0.591. The number of unbranched alkanes of at least 4 members (excludes halogenated alkanes) is 2. The molecule has 0 aliphatic carbocycles. The largest absolute Gasteiger partial charge is 0.313 e. The fourth-order valence-corrected chi connectivity index (χ4v) is 2.38. The van der Waals surface area contributed by atoms with Crippen LogP contribution in [0.5, 0.6) is 0 Å². The second-order valence-corrected chi connectivity index (χ2v) is 5.14. The number of hydrogen-bond acceptors (Lipinski definition) is 2. The van der Waals surface area contributed by atoms with Crippen molar-refractivity contribution >= 4 is 34.4 Å². The Kier molecular flexibility index (Phi) is 4.84. The van der Waals surface area contributed by atoms with Crippen LogP contribution < -0.4 is 0 Å². The Hall–Kier alpha value is -0.800. The Balaban J connectivity index is 2.35. The van der Waals surface area contributed by atoms with Crippen molar-refractivity contribution < 1.29 is 0 Å². The van der Waals surface area contributed by atoms with Gasteiger partial charge in [0.05, 0.1) is 5.02 Å². The second kappa shape index (κ2) is 6.39. The van der Waals surface area contributed by atoms with Crippen molar-refractivity contribution in [1.29, 1.82) is 0 Å². The minimum atomic E-state index is 0.574. The number of aryl methyl sites for hydroxylation is 2. The molecule has 0 aliphatic rings. The van der Waals surface area contributed by atoms with E-state index >= 15 is 0 Å². The van der Waals surface area contributed by atoms with Gasteiger partial charge in [-0.2, -0.15) is 0 Å². The summed E-state index contributed by atoms with van der Waals surface area (Å²) in [5.74, 6) is 1.58. The molecular weight excluding hydrogens is 269 g/mol. The zero-order chi connectivity index (χ0) is 13.0. The molecule has 0 fully saturated rings. The molecule has 0 spiro atoms. The molecule has 0 bridgehead atoms. The Morgan fingerprint density at radius 3 is 2.89 bits per heavy atom. The quantitative estimate of drug-likeness (QED) is 0.592. The molecule has 0 saturated carbocycles. The highest BCUT2D eigenvalue weighted by molar-refractivity contribution is 6.31. The first-order chi connectivity index (χ1) is 8.76. The highest BCUT2D eigenvalue weighted by atomic mass is 35.5. The smallest absolute Gasteiger partial charge is 0.160 e. The maximum absolute atomic E-state index is 5.95. The summed E-state index contributed by atoms with van der Waals surface area (Å²) in [4.78, 5) is 8.96. The Morgan fingerprint density at radius 1 is 1.33 bits per heavy atom. The third-order valence-corrected chi connectivity index (χ3v) is 3.33. The lowest BCUT2D eigenvalue weighted by Gasteiger charge is -2.07. The van der Waals surface area contributed by atoms with E-state index in [1.54, 1.807) is 6.20 Å². The summed E-state index contributed by atoms with van der Waals surface area (Å²) < 4.78 is 2.17. The topological polar surface area (TPSA) is 30.7 Å². The lowest BCUT2D eigenvalue weighted by atomic mass is 10.2. The first kappa shape index (κ1) is 13.6. The number of alkyl halides is 1. The second-order valence-electron chi connectivity index (χ2n) is 4.32. The summed E-state index contributed by atoms with van der Waals surface area (Å²) in [6, 6.07) is 1.86. The molecule has 0 saturated heterocycles. The van der Waals surface area contributed by atoms with Crippen LogP contribution >= 0.6 is 23.2 Å². The first-order valence-electron chi connectivity index (χ1n) is 6.33. The van der Waals surface area contributed by atoms with Crippen molar-refractivity contribution in [3.63, 3.8) is 0 Å². The third-order valence-electron chi connectivity index (χ3n) is 2.93. The van der Waals surface area contributed by atoms with E-state index in [-0.39, 0.29) is 0 Å². The maximum Gasteiger partial charge on any atom is 0.160 e. The standard InChI is InChI=1S/C13H17Cl2N3/c1-2-3-4-7-18-12(5-6-14)17-11-8-10(15)9-16-13(11)18/h8-9H,2-7H2,1H3. The number of nitrogens with zero attached hydrogens (tertiary/aromatic N) is 3. The Bertz CT molecular complexity index is 522. The van der Waals surface area contributed by atoms with Crippen LogP contribution in [0.4, 0.5) is 0 Å². The number of imidazole rings is 1. The summed E-state index contributed by atoms with van der Waals surface area (Å²) in [6.45, 7) is 3.15. The Morgan fingerprint density at radius 2 is 2.17 bits per heavy atom. The molecule has 2 rings (SSSR count). The summed E-state index contributed by atoms with van der Waals surface area (Å²) in [6.07, 6.45) is 6.00. The minimum absolute atomic E-state index is 0.574. The van der Waals surface area contributed by atoms with Crippen molar-refractivity contribution in [3.8, 4) is 0 Å². The molecule has 5 heteroatoms. The van der Waals surface area contributed by atoms with Gasteiger partial charge in [-0.3, -0.25) is 0 Å². The molecule has 2 heterocycles. The van der Waals surface area contributed by atoms with Crippen LogP contribution in [0.2, 0.25) is 5.02 Å². The number of hydrogen-bond donors (Lipinski definition) is 0. The van der Waals surface area contributed by atoms with Gasteiger partial charge in [0, 0.05) is 25.0 Å².